The smallest absolute Gasteiger partial charge is 0.239 e. The number of amides is 1. The molecule has 2 rings (SSSR count). The first-order valence-corrected chi connectivity index (χ1v) is 8.11. The number of hydrogen-bond donors (Lipinski definition) is 1. The standard InChI is InChI=1S/C15H17NO3S/c1-11(2)20(18,19)10-15(17)16-14-9-5-7-12-6-3-4-8-13(12)14/h3-9,11H,10H2,1-2H3,(H,16,17). The Hall–Kier alpha value is -1.88. The van der Waals surface area contributed by atoms with E-state index in [0.717, 1.165) is 10.8 Å². The molecule has 0 aliphatic heterocycles. The lowest BCUT2D eigenvalue weighted by Gasteiger charge is -2.10. The molecule has 106 valence electrons. The Morgan fingerprint density at radius 1 is 1.10 bits per heavy atom. The van der Waals surface area contributed by atoms with E-state index in [2.05, 4.69) is 5.32 Å². The third-order valence-electron chi connectivity index (χ3n) is 3.11. The normalized spacial score (nSPS) is 11.8. The zero-order valence-corrected chi connectivity index (χ0v) is 12.3. The fraction of sp³-hybridized carbons (Fsp3) is 0.267. The van der Waals surface area contributed by atoms with Gasteiger partial charge in [0.2, 0.25) is 5.91 Å². The Balaban J connectivity index is 2.23. The monoisotopic (exact) mass is 291 g/mol. The minimum atomic E-state index is -3.38. The van der Waals surface area contributed by atoms with Crippen molar-refractivity contribution in [3.8, 4) is 0 Å². The number of anilines is 1. The molecular formula is C15H17NO3S. The first-order valence-electron chi connectivity index (χ1n) is 6.39. The zero-order valence-electron chi connectivity index (χ0n) is 11.5. The molecule has 20 heavy (non-hydrogen) atoms. The molecule has 0 aliphatic carbocycles. The summed E-state index contributed by atoms with van der Waals surface area (Å²) in [7, 11) is -3.38. The molecular weight excluding hydrogens is 274 g/mol. The van der Waals surface area contributed by atoms with Gasteiger partial charge in [-0.1, -0.05) is 36.4 Å². The average molecular weight is 291 g/mol. The summed E-state index contributed by atoms with van der Waals surface area (Å²) in [6.07, 6.45) is 0. The van der Waals surface area contributed by atoms with E-state index in [-0.39, 0.29) is 0 Å². The summed E-state index contributed by atoms with van der Waals surface area (Å²) in [5.41, 5.74) is 0.632. The van der Waals surface area contributed by atoms with Crippen LogP contribution in [0.3, 0.4) is 0 Å². The second kappa shape index (κ2) is 5.63. The molecule has 0 unspecified atom stereocenters. The average Bonchev–Trinajstić information content (AvgIpc) is 2.38. The van der Waals surface area contributed by atoms with Crippen molar-refractivity contribution in [3.63, 3.8) is 0 Å². The summed E-state index contributed by atoms with van der Waals surface area (Å²) in [6.45, 7) is 3.14. The van der Waals surface area contributed by atoms with Crippen LogP contribution in [-0.2, 0) is 14.6 Å². The Bertz CT molecular complexity index is 730. The Labute approximate surface area is 118 Å². The van der Waals surface area contributed by atoms with Gasteiger partial charge in [0.1, 0.15) is 5.75 Å². The van der Waals surface area contributed by atoms with Crippen LogP contribution in [-0.4, -0.2) is 25.3 Å². The molecule has 0 bridgehead atoms. The molecule has 0 atom stereocenters. The lowest BCUT2D eigenvalue weighted by molar-refractivity contribution is -0.113. The van der Waals surface area contributed by atoms with Crippen molar-refractivity contribution in [3.05, 3.63) is 42.5 Å². The van der Waals surface area contributed by atoms with Gasteiger partial charge < -0.3 is 5.32 Å². The Morgan fingerprint density at radius 2 is 1.75 bits per heavy atom. The number of fused-ring (bicyclic) bond motifs is 1. The van der Waals surface area contributed by atoms with Gasteiger partial charge in [0.15, 0.2) is 9.84 Å². The maximum atomic E-state index is 11.9. The maximum absolute atomic E-state index is 11.9. The SMILES string of the molecule is CC(C)S(=O)(=O)CC(=O)Nc1cccc2ccccc12. The molecule has 2 aromatic rings. The Kier molecular flexibility index (Phi) is 4.09. The lowest BCUT2D eigenvalue weighted by Crippen LogP contribution is -2.27. The summed E-state index contributed by atoms with van der Waals surface area (Å²) in [4.78, 5) is 11.9. The van der Waals surface area contributed by atoms with Crippen LogP contribution in [0.25, 0.3) is 10.8 Å². The molecule has 1 N–H and O–H groups in total. The summed E-state index contributed by atoms with van der Waals surface area (Å²) in [6, 6.07) is 13.2. The number of carbonyl (C=O) groups is 1. The molecule has 0 radical (unpaired) electrons. The first-order chi connectivity index (χ1) is 9.40. The number of rotatable bonds is 4. The molecule has 5 heteroatoms. The van der Waals surface area contributed by atoms with Gasteiger partial charge in [0.05, 0.1) is 5.25 Å². The van der Waals surface area contributed by atoms with Gasteiger partial charge in [-0.05, 0) is 25.3 Å². The number of benzene rings is 2. The molecule has 0 fully saturated rings. The summed E-state index contributed by atoms with van der Waals surface area (Å²) < 4.78 is 23.5. The minimum Gasteiger partial charge on any atom is -0.325 e. The van der Waals surface area contributed by atoms with Crippen molar-refractivity contribution in [2.45, 2.75) is 19.1 Å². The fourth-order valence-corrected chi connectivity index (χ4v) is 2.64. The Morgan fingerprint density at radius 3 is 2.45 bits per heavy atom. The van der Waals surface area contributed by atoms with Crippen molar-refractivity contribution in [1.82, 2.24) is 0 Å². The molecule has 0 saturated carbocycles. The topological polar surface area (TPSA) is 63.2 Å². The van der Waals surface area contributed by atoms with E-state index in [4.69, 9.17) is 0 Å². The molecule has 0 aromatic heterocycles. The summed E-state index contributed by atoms with van der Waals surface area (Å²) in [5.74, 6) is -0.997. The molecule has 4 nitrogen and oxygen atoms in total. The van der Waals surface area contributed by atoms with Gasteiger partial charge in [0.25, 0.3) is 0 Å². The quantitative estimate of drug-likeness (QED) is 0.941. The van der Waals surface area contributed by atoms with E-state index in [1.807, 2.05) is 36.4 Å². The van der Waals surface area contributed by atoms with Crippen molar-refractivity contribution < 1.29 is 13.2 Å². The molecule has 0 heterocycles. The van der Waals surface area contributed by atoms with Crippen molar-refractivity contribution in [2.75, 3.05) is 11.1 Å². The highest BCUT2D eigenvalue weighted by atomic mass is 32.2. The van der Waals surface area contributed by atoms with Crippen LogP contribution in [0.15, 0.2) is 42.5 Å². The zero-order chi connectivity index (χ0) is 14.8. The third-order valence-corrected chi connectivity index (χ3v) is 5.22. The summed E-state index contributed by atoms with van der Waals surface area (Å²) >= 11 is 0. The van der Waals surface area contributed by atoms with Crippen LogP contribution in [0.4, 0.5) is 5.69 Å². The second-order valence-corrected chi connectivity index (χ2v) is 7.49. The number of carbonyl (C=O) groups excluding carboxylic acids is 1. The first kappa shape index (κ1) is 14.5. The van der Waals surface area contributed by atoms with Gasteiger partial charge in [-0.15, -0.1) is 0 Å². The van der Waals surface area contributed by atoms with Crippen LogP contribution in [0, 0.1) is 0 Å². The molecule has 1 amide bonds. The molecule has 2 aromatic carbocycles. The van der Waals surface area contributed by atoms with Crippen LogP contribution in [0.5, 0.6) is 0 Å². The van der Waals surface area contributed by atoms with E-state index in [9.17, 15) is 13.2 Å². The van der Waals surface area contributed by atoms with Gasteiger partial charge in [-0.25, -0.2) is 8.42 Å². The number of nitrogens with one attached hydrogen (secondary N) is 1. The van der Waals surface area contributed by atoms with Crippen LogP contribution < -0.4 is 5.32 Å². The van der Waals surface area contributed by atoms with E-state index in [1.54, 1.807) is 19.9 Å². The van der Waals surface area contributed by atoms with E-state index < -0.39 is 26.7 Å². The predicted molar refractivity (Wildman–Crippen MR) is 81.5 cm³/mol. The highest BCUT2D eigenvalue weighted by Crippen LogP contribution is 2.22. The van der Waals surface area contributed by atoms with Crippen LogP contribution in [0.2, 0.25) is 0 Å². The largest absolute Gasteiger partial charge is 0.325 e. The van der Waals surface area contributed by atoms with E-state index >= 15 is 0 Å². The molecule has 0 spiro atoms. The van der Waals surface area contributed by atoms with Gasteiger partial charge >= 0.3 is 0 Å². The summed E-state index contributed by atoms with van der Waals surface area (Å²) in [5, 5.41) is 4.01. The van der Waals surface area contributed by atoms with Crippen molar-refractivity contribution in [2.24, 2.45) is 0 Å². The van der Waals surface area contributed by atoms with Gasteiger partial charge in [-0.2, -0.15) is 0 Å². The molecule has 0 saturated heterocycles. The van der Waals surface area contributed by atoms with Gasteiger partial charge in [-0.3, -0.25) is 4.79 Å². The van der Waals surface area contributed by atoms with Crippen LogP contribution >= 0.6 is 0 Å². The maximum Gasteiger partial charge on any atom is 0.239 e. The minimum absolute atomic E-state index is 0.492. The van der Waals surface area contributed by atoms with Gasteiger partial charge in [0, 0.05) is 11.1 Å². The highest BCUT2D eigenvalue weighted by molar-refractivity contribution is 7.92. The van der Waals surface area contributed by atoms with Crippen molar-refractivity contribution in [1.29, 1.82) is 0 Å². The van der Waals surface area contributed by atoms with Crippen LogP contribution in [0.1, 0.15) is 13.8 Å². The number of sulfone groups is 1. The second-order valence-electron chi connectivity index (χ2n) is 4.93. The molecule has 0 aliphatic rings. The predicted octanol–water partition coefficient (Wildman–Crippen LogP) is 2.60. The third kappa shape index (κ3) is 3.17. The van der Waals surface area contributed by atoms with E-state index in [1.165, 1.54) is 0 Å². The fourth-order valence-electron chi connectivity index (χ4n) is 1.87. The number of hydrogen-bond acceptors (Lipinski definition) is 3. The van der Waals surface area contributed by atoms with E-state index in [0.29, 0.717) is 5.69 Å². The van der Waals surface area contributed by atoms with Crippen molar-refractivity contribution >= 4 is 32.2 Å². The lowest BCUT2D eigenvalue weighted by atomic mass is 10.1. The highest BCUT2D eigenvalue weighted by Gasteiger charge is 2.20.